The summed E-state index contributed by atoms with van der Waals surface area (Å²) in [5, 5.41) is 2.57. The highest BCUT2D eigenvalue weighted by molar-refractivity contribution is 5.83. The second-order valence-electron chi connectivity index (χ2n) is 5.76. The lowest BCUT2D eigenvalue weighted by atomic mass is 9.86. The van der Waals surface area contributed by atoms with Gasteiger partial charge in [0.05, 0.1) is 0 Å². The Kier molecular flexibility index (Phi) is 4.03. The molecule has 2 atom stereocenters. The molecule has 3 aromatic carbocycles. The summed E-state index contributed by atoms with van der Waals surface area (Å²) in [6.45, 7) is 2.10. The molecular weight excluding hydrogens is 254 g/mol. The van der Waals surface area contributed by atoms with E-state index < -0.39 is 0 Å². The molecule has 0 saturated carbocycles. The Bertz CT molecular complexity index is 716. The fourth-order valence-corrected chi connectivity index (χ4v) is 2.91. The normalized spacial score (nSPS) is 14.0. The van der Waals surface area contributed by atoms with E-state index in [0.717, 1.165) is 6.42 Å². The minimum absolute atomic E-state index is 0.131. The van der Waals surface area contributed by atoms with Crippen molar-refractivity contribution < 1.29 is 0 Å². The summed E-state index contributed by atoms with van der Waals surface area (Å²) in [5.74, 6) is 0.344. The zero-order valence-electron chi connectivity index (χ0n) is 12.4. The average molecular weight is 275 g/mol. The first-order chi connectivity index (χ1) is 10.2. The van der Waals surface area contributed by atoms with Crippen LogP contribution in [-0.4, -0.2) is 6.04 Å². The van der Waals surface area contributed by atoms with E-state index in [1.165, 1.54) is 21.9 Å². The summed E-state index contributed by atoms with van der Waals surface area (Å²) in [7, 11) is 0. The lowest BCUT2D eigenvalue weighted by molar-refractivity contribution is 0.565. The van der Waals surface area contributed by atoms with Crippen LogP contribution < -0.4 is 5.73 Å². The zero-order chi connectivity index (χ0) is 14.7. The number of benzene rings is 3. The maximum Gasteiger partial charge on any atom is 0.00825 e. The standard InChI is InChI=1S/C20H21N/c1-15(21)20(13-16-7-3-2-4-8-16)19-12-11-17-9-5-6-10-18(17)14-19/h2-12,14-15,20H,13,21H2,1H3/t15?,20-/m1/s1. The minimum atomic E-state index is 0.131. The molecule has 21 heavy (non-hydrogen) atoms. The molecule has 106 valence electrons. The van der Waals surface area contributed by atoms with Crippen molar-refractivity contribution in [2.24, 2.45) is 5.73 Å². The Morgan fingerprint density at radius 2 is 1.48 bits per heavy atom. The van der Waals surface area contributed by atoms with Crippen LogP contribution in [0.2, 0.25) is 0 Å². The highest BCUT2D eigenvalue weighted by Crippen LogP contribution is 2.27. The van der Waals surface area contributed by atoms with Gasteiger partial charge in [0, 0.05) is 12.0 Å². The smallest absolute Gasteiger partial charge is 0.00825 e. The maximum atomic E-state index is 6.26. The van der Waals surface area contributed by atoms with Gasteiger partial charge in [-0.15, -0.1) is 0 Å². The van der Waals surface area contributed by atoms with Gasteiger partial charge in [-0.1, -0.05) is 72.8 Å². The van der Waals surface area contributed by atoms with Gasteiger partial charge < -0.3 is 5.73 Å². The highest BCUT2D eigenvalue weighted by Gasteiger charge is 2.17. The molecule has 0 radical (unpaired) electrons. The lowest BCUT2D eigenvalue weighted by Gasteiger charge is -2.22. The van der Waals surface area contributed by atoms with Crippen molar-refractivity contribution >= 4 is 10.8 Å². The molecular formula is C20H21N. The molecule has 0 aliphatic rings. The van der Waals surface area contributed by atoms with Gasteiger partial charge in [-0.05, 0) is 35.2 Å². The third-order valence-electron chi connectivity index (χ3n) is 4.13. The maximum absolute atomic E-state index is 6.26. The number of hydrogen-bond acceptors (Lipinski definition) is 1. The first-order valence-corrected chi connectivity index (χ1v) is 7.52. The predicted molar refractivity (Wildman–Crippen MR) is 90.5 cm³/mol. The summed E-state index contributed by atoms with van der Waals surface area (Å²) in [6, 6.07) is 25.9. The van der Waals surface area contributed by atoms with Gasteiger partial charge in [0.15, 0.2) is 0 Å². The zero-order valence-corrected chi connectivity index (χ0v) is 12.4. The first-order valence-electron chi connectivity index (χ1n) is 7.52. The van der Waals surface area contributed by atoms with Crippen LogP contribution in [0.15, 0.2) is 72.8 Å². The molecule has 2 N–H and O–H groups in total. The Hall–Kier alpha value is -2.12. The van der Waals surface area contributed by atoms with Crippen LogP contribution in [0.5, 0.6) is 0 Å². The van der Waals surface area contributed by atoms with Crippen LogP contribution in [0.3, 0.4) is 0 Å². The van der Waals surface area contributed by atoms with Crippen LogP contribution >= 0.6 is 0 Å². The van der Waals surface area contributed by atoms with Crippen molar-refractivity contribution in [2.75, 3.05) is 0 Å². The SMILES string of the molecule is CC(N)[C@@H](Cc1ccccc1)c1ccc2ccccc2c1. The van der Waals surface area contributed by atoms with Gasteiger partial charge in [-0.2, -0.15) is 0 Å². The highest BCUT2D eigenvalue weighted by atomic mass is 14.6. The number of hydrogen-bond donors (Lipinski definition) is 1. The van der Waals surface area contributed by atoms with E-state index in [1.54, 1.807) is 0 Å². The Morgan fingerprint density at radius 3 is 2.19 bits per heavy atom. The van der Waals surface area contributed by atoms with Gasteiger partial charge in [0.2, 0.25) is 0 Å². The van der Waals surface area contributed by atoms with E-state index in [1.807, 2.05) is 0 Å². The molecule has 0 aliphatic heterocycles. The Balaban J connectivity index is 1.95. The Labute approximate surface area is 126 Å². The monoisotopic (exact) mass is 275 g/mol. The second kappa shape index (κ2) is 6.11. The van der Waals surface area contributed by atoms with Crippen LogP contribution in [0.4, 0.5) is 0 Å². The number of nitrogens with two attached hydrogens (primary N) is 1. The fourth-order valence-electron chi connectivity index (χ4n) is 2.91. The molecule has 0 aromatic heterocycles. The van der Waals surface area contributed by atoms with E-state index in [9.17, 15) is 0 Å². The first kappa shape index (κ1) is 13.8. The van der Waals surface area contributed by atoms with Crippen molar-refractivity contribution in [3.05, 3.63) is 83.9 Å². The van der Waals surface area contributed by atoms with Crippen molar-refractivity contribution in [3.8, 4) is 0 Å². The average Bonchev–Trinajstić information content (AvgIpc) is 2.53. The topological polar surface area (TPSA) is 26.0 Å². The van der Waals surface area contributed by atoms with Crippen molar-refractivity contribution in [1.82, 2.24) is 0 Å². The fraction of sp³-hybridized carbons (Fsp3) is 0.200. The summed E-state index contributed by atoms with van der Waals surface area (Å²) in [5.41, 5.74) is 8.93. The van der Waals surface area contributed by atoms with Gasteiger partial charge in [-0.25, -0.2) is 0 Å². The largest absolute Gasteiger partial charge is 0.327 e. The van der Waals surface area contributed by atoms with E-state index in [-0.39, 0.29) is 6.04 Å². The van der Waals surface area contributed by atoms with Gasteiger partial charge in [-0.3, -0.25) is 0 Å². The summed E-state index contributed by atoms with van der Waals surface area (Å²) in [4.78, 5) is 0. The molecule has 0 fully saturated rings. The number of rotatable bonds is 4. The minimum Gasteiger partial charge on any atom is -0.327 e. The van der Waals surface area contributed by atoms with E-state index in [2.05, 4.69) is 79.7 Å². The Morgan fingerprint density at radius 1 is 0.810 bits per heavy atom. The van der Waals surface area contributed by atoms with Gasteiger partial charge in [0.1, 0.15) is 0 Å². The molecule has 1 heteroatoms. The molecule has 0 aliphatic carbocycles. The molecule has 1 unspecified atom stereocenters. The summed E-state index contributed by atoms with van der Waals surface area (Å²) in [6.07, 6.45) is 0.983. The summed E-state index contributed by atoms with van der Waals surface area (Å²) < 4.78 is 0. The second-order valence-corrected chi connectivity index (χ2v) is 5.76. The molecule has 0 bridgehead atoms. The van der Waals surface area contributed by atoms with Crippen LogP contribution in [0.1, 0.15) is 24.0 Å². The third kappa shape index (κ3) is 3.14. The molecule has 3 rings (SSSR count). The molecule has 0 heterocycles. The molecule has 0 saturated heterocycles. The predicted octanol–water partition coefficient (Wildman–Crippen LogP) is 4.51. The van der Waals surface area contributed by atoms with Crippen LogP contribution in [0.25, 0.3) is 10.8 Å². The van der Waals surface area contributed by atoms with Crippen molar-refractivity contribution in [2.45, 2.75) is 25.3 Å². The van der Waals surface area contributed by atoms with Crippen molar-refractivity contribution in [3.63, 3.8) is 0 Å². The van der Waals surface area contributed by atoms with E-state index in [0.29, 0.717) is 5.92 Å². The number of fused-ring (bicyclic) bond motifs is 1. The van der Waals surface area contributed by atoms with Crippen LogP contribution in [0, 0.1) is 0 Å². The molecule has 1 nitrogen and oxygen atoms in total. The molecule has 0 spiro atoms. The lowest BCUT2D eigenvalue weighted by Crippen LogP contribution is -2.26. The summed E-state index contributed by atoms with van der Waals surface area (Å²) >= 11 is 0. The van der Waals surface area contributed by atoms with Gasteiger partial charge in [0.25, 0.3) is 0 Å². The molecule has 0 amide bonds. The third-order valence-corrected chi connectivity index (χ3v) is 4.13. The van der Waals surface area contributed by atoms with Gasteiger partial charge >= 0.3 is 0 Å². The molecule has 3 aromatic rings. The van der Waals surface area contributed by atoms with E-state index >= 15 is 0 Å². The van der Waals surface area contributed by atoms with Crippen LogP contribution in [-0.2, 0) is 6.42 Å². The quantitative estimate of drug-likeness (QED) is 0.744. The van der Waals surface area contributed by atoms with Crippen molar-refractivity contribution in [1.29, 1.82) is 0 Å². The van der Waals surface area contributed by atoms with E-state index in [4.69, 9.17) is 5.73 Å².